The highest BCUT2D eigenvalue weighted by atomic mass is 16.5. The highest BCUT2D eigenvalue weighted by Gasteiger charge is 2.07. The van der Waals surface area contributed by atoms with Crippen LogP contribution in [0.1, 0.15) is 28.0 Å². The second-order valence-electron chi connectivity index (χ2n) is 5.96. The van der Waals surface area contributed by atoms with Gasteiger partial charge in [0, 0.05) is 0 Å². The SMILES string of the molecule is COC(=O)c1ccc(-n2cc(CCCOc3ccc(C)cc3)nn2)cc1. The first-order chi connectivity index (χ1) is 12.7. The standard InChI is InChI=1S/C20H21N3O3/c1-15-5-11-19(12-6-15)26-13-3-4-17-14-23(22-21-17)18-9-7-16(8-10-18)20(24)25-2/h5-12,14H,3-4,13H2,1-2H3. The van der Waals surface area contributed by atoms with E-state index in [1.807, 2.05) is 42.6 Å². The molecule has 0 aliphatic rings. The molecule has 1 aromatic heterocycles. The Labute approximate surface area is 152 Å². The normalized spacial score (nSPS) is 10.5. The lowest BCUT2D eigenvalue weighted by molar-refractivity contribution is 0.0600. The molecule has 0 bridgehead atoms. The summed E-state index contributed by atoms with van der Waals surface area (Å²) < 4.78 is 12.1. The number of benzene rings is 2. The van der Waals surface area contributed by atoms with Gasteiger partial charge in [-0.25, -0.2) is 9.48 Å². The van der Waals surface area contributed by atoms with Gasteiger partial charge >= 0.3 is 5.97 Å². The topological polar surface area (TPSA) is 66.2 Å². The number of aryl methyl sites for hydroxylation is 2. The lowest BCUT2D eigenvalue weighted by Gasteiger charge is -2.05. The van der Waals surface area contributed by atoms with Gasteiger partial charge in [-0.15, -0.1) is 5.10 Å². The summed E-state index contributed by atoms with van der Waals surface area (Å²) in [6.45, 7) is 2.68. The Morgan fingerprint density at radius 1 is 1.08 bits per heavy atom. The Kier molecular flexibility index (Phi) is 5.63. The van der Waals surface area contributed by atoms with Crippen molar-refractivity contribution in [1.82, 2.24) is 15.0 Å². The van der Waals surface area contributed by atoms with Gasteiger partial charge in [-0.2, -0.15) is 0 Å². The molecule has 0 aliphatic heterocycles. The van der Waals surface area contributed by atoms with Crippen molar-refractivity contribution in [1.29, 1.82) is 0 Å². The molecule has 2 aromatic carbocycles. The van der Waals surface area contributed by atoms with Crippen molar-refractivity contribution >= 4 is 5.97 Å². The van der Waals surface area contributed by atoms with Crippen LogP contribution in [0.25, 0.3) is 5.69 Å². The van der Waals surface area contributed by atoms with Crippen molar-refractivity contribution < 1.29 is 14.3 Å². The summed E-state index contributed by atoms with van der Waals surface area (Å²) in [5.74, 6) is 0.523. The van der Waals surface area contributed by atoms with Gasteiger partial charge in [-0.3, -0.25) is 0 Å². The third kappa shape index (κ3) is 4.47. The summed E-state index contributed by atoms with van der Waals surface area (Å²) in [7, 11) is 1.36. The van der Waals surface area contributed by atoms with E-state index in [0.29, 0.717) is 12.2 Å². The van der Waals surface area contributed by atoms with Crippen LogP contribution in [0.15, 0.2) is 54.7 Å². The van der Waals surface area contributed by atoms with Crippen molar-refractivity contribution in [3.8, 4) is 11.4 Å². The summed E-state index contributed by atoms with van der Waals surface area (Å²) in [5, 5.41) is 8.33. The number of ether oxygens (including phenoxy) is 2. The number of esters is 1. The molecule has 0 unspecified atom stereocenters. The summed E-state index contributed by atoms with van der Waals surface area (Å²) in [6.07, 6.45) is 3.53. The maximum Gasteiger partial charge on any atom is 0.337 e. The van der Waals surface area contributed by atoms with Crippen molar-refractivity contribution in [3.63, 3.8) is 0 Å². The van der Waals surface area contributed by atoms with Crippen LogP contribution in [-0.4, -0.2) is 34.7 Å². The van der Waals surface area contributed by atoms with E-state index < -0.39 is 0 Å². The van der Waals surface area contributed by atoms with Crippen molar-refractivity contribution in [2.45, 2.75) is 19.8 Å². The Balaban J connectivity index is 1.51. The fraction of sp³-hybridized carbons (Fsp3) is 0.250. The summed E-state index contributed by atoms with van der Waals surface area (Å²) >= 11 is 0. The van der Waals surface area contributed by atoms with Crippen LogP contribution in [0.3, 0.4) is 0 Å². The third-order valence-electron chi connectivity index (χ3n) is 3.96. The minimum absolute atomic E-state index is 0.357. The summed E-state index contributed by atoms with van der Waals surface area (Å²) in [4.78, 5) is 11.5. The summed E-state index contributed by atoms with van der Waals surface area (Å²) in [5.41, 5.74) is 3.46. The van der Waals surface area contributed by atoms with Gasteiger partial charge in [0.2, 0.25) is 0 Å². The van der Waals surface area contributed by atoms with Gasteiger partial charge in [-0.1, -0.05) is 22.9 Å². The fourth-order valence-corrected chi connectivity index (χ4v) is 2.49. The predicted octanol–water partition coefficient (Wildman–Crippen LogP) is 3.37. The maximum atomic E-state index is 11.5. The molecule has 0 atom stereocenters. The molecule has 0 N–H and O–H groups in total. The molecule has 3 aromatic rings. The number of hydrogen-bond acceptors (Lipinski definition) is 5. The summed E-state index contributed by atoms with van der Waals surface area (Å²) in [6, 6.07) is 15.1. The monoisotopic (exact) mass is 351 g/mol. The van der Waals surface area contributed by atoms with Crippen molar-refractivity contribution in [3.05, 3.63) is 71.5 Å². The van der Waals surface area contributed by atoms with Gasteiger partial charge < -0.3 is 9.47 Å². The van der Waals surface area contributed by atoms with Gasteiger partial charge in [0.05, 0.1) is 36.9 Å². The maximum absolute atomic E-state index is 11.5. The minimum atomic E-state index is -0.357. The predicted molar refractivity (Wildman–Crippen MR) is 97.7 cm³/mol. The molecule has 0 radical (unpaired) electrons. The zero-order chi connectivity index (χ0) is 18.4. The third-order valence-corrected chi connectivity index (χ3v) is 3.96. The number of carbonyl (C=O) groups is 1. The number of carbonyl (C=O) groups excluding carboxylic acids is 1. The molecule has 6 heteroatoms. The Hall–Kier alpha value is -3.15. The average Bonchev–Trinajstić information content (AvgIpc) is 3.15. The minimum Gasteiger partial charge on any atom is -0.494 e. The van der Waals surface area contributed by atoms with Crippen LogP contribution >= 0.6 is 0 Å². The van der Waals surface area contributed by atoms with E-state index in [1.54, 1.807) is 16.8 Å². The molecular formula is C20H21N3O3. The second kappa shape index (κ2) is 8.29. The molecule has 0 saturated heterocycles. The first-order valence-corrected chi connectivity index (χ1v) is 8.45. The van der Waals surface area contributed by atoms with Crippen LogP contribution in [0.4, 0.5) is 0 Å². The van der Waals surface area contributed by atoms with Gasteiger partial charge in [0.25, 0.3) is 0 Å². The molecule has 134 valence electrons. The Morgan fingerprint density at radius 2 is 1.81 bits per heavy atom. The van der Waals surface area contributed by atoms with E-state index in [0.717, 1.165) is 30.0 Å². The first-order valence-electron chi connectivity index (χ1n) is 8.45. The number of rotatable bonds is 7. The van der Waals surface area contributed by atoms with Gasteiger partial charge in [0.1, 0.15) is 5.75 Å². The van der Waals surface area contributed by atoms with E-state index in [9.17, 15) is 4.79 Å². The highest BCUT2D eigenvalue weighted by Crippen LogP contribution is 2.13. The lowest BCUT2D eigenvalue weighted by Crippen LogP contribution is -2.02. The van der Waals surface area contributed by atoms with Crippen molar-refractivity contribution in [2.75, 3.05) is 13.7 Å². The number of nitrogens with zero attached hydrogens (tertiary/aromatic N) is 3. The molecule has 1 heterocycles. The Morgan fingerprint density at radius 3 is 2.50 bits per heavy atom. The number of aromatic nitrogens is 3. The van der Waals surface area contributed by atoms with Crippen LogP contribution in [0.5, 0.6) is 5.75 Å². The molecule has 26 heavy (non-hydrogen) atoms. The van der Waals surface area contributed by atoms with Crippen LogP contribution < -0.4 is 4.74 Å². The Bertz CT molecular complexity index is 855. The number of methoxy groups -OCH3 is 1. The molecular weight excluding hydrogens is 330 g/mol. The van der Waals surface area contributed by atoms with Crippen LogP contribution in [0.2, 0.25) is 0 Å². The van der Waals surface area contributed by atoms with Crippen molar-refractivity contribution in [2.24, 2.45) is 0 Å². The molecule has 3 rings (SSSR count). The molecule has 0 saturated carbocycles. The van der Waals surface area contributed by atoms with E-state index in [2.05, 4.69) is 17.2 Å². The zero-order valence-electron chi connectivity index (χ0n) is 14.9. The van der Waals surface area contributed by atoms with E-state index >= 15 is 0 Å². The fourth-order valence-electron chi connectivity index (χ4n) is 2.49. The van der Waals surface area contributed by atoms with Gasteiger partial charge in [-0.05, 0) is 56.2 Å². The first kappa shape index (κ1) is 17.7. The second-order valence-corrected chi connectivity index (χ2v) is 5.96. The largest absolute Gasteiger partial charge is 0.494 e. The van der Waals surface area contributed by atoms with Crippen LogP contribution in [0, 0.1) is 6.92 Å². The van der Waals surface area contributed by atoms with Gasteiger partial charge in [0.15, 0.2) is 0 Å². The zero-order valence-corrected chi connectivity index (χ0v) is 14.9. The smallest absolute Gasteiger partial charge is 0.337 e. The average molecular weight is 351 g/mol. The number of hydrogen-bond donors (Lipinski definition) is 0. The molecule has 0 amide bonds. The quantitative estimate of drug-likeness (QED) is 0.482. The van der Waals surface area contributed by atoms with E-state index in [4.69, 9.17) is 9.47 Å². The lowest BCUT2D eigenvalue weighted by atomic mass is 10.2. The molecule has 0 fully saturated rings. The van der Waals surface area contributed by atoms with Crippen LogP contribution in [-0.2, 0) is 11.2 Å². The highest BCUT2D eigenvalue weighted by molar-refractivity contribution is 5.89. The molecule has 0 spiro atoms. The van der Waals surface area contributed by atoms with E-state index in [-0.39, 0.29) is 5.97 Å². The van der Waals surface area contributed by atoms with E-state index in [1.165, 1.54) is 12.7 Å². The molecule has 6 nitrogen and oxygen atoms in total. The molecule has 0 aliphatic carbocycles.